The summed E-state index contributed by atoms with van der Waals surface area (Å²) in [4.78, 5) is 20.6. The van der Waals surface area contributed by atoms with Gasteiger partial charge in [-0.15, -0.1) is 11.3 Å². The number of carbonyl (C=O) groups is 1. The van der Waals surface area contributed by atoms with Crippen molar-refractivity contribution >= 4 is 38.4 Å². The Balaban J connectivity index is 1.28. The molecule has 1 aliphatic heterocycles. The van der Waals surface area contributed by atoms with Gasteiger partial charge in [-0.2, -0.15) is 0 Å². The molecule has 2 aromatic rings. The van der Waals surface area contributed by atoms with E-state index in [1.54, 1.807) is 4.90 Å². The third-order valence-corrected chi connectivity index (χ3v) is 5.85. The van der Waals surface area contributed by atoms with Gasteiger partial charge in [-0.25, -0.2) is 9.78 Å². The zero-order valence-corrected chi connectivity index (χ0v) is 17.4. The SMILES string of the molecule is Cc1csc(N2CCN(CCCCCCOc3ccc(Br)cc3)C2=O)n1. The van der Waals surface area contributed by atoms with Crippen LogP contribution in [-0.4, -0.2) is 42.2 Å². The maximum Gasteiger partial charge on any atom is 0.326 e. The Morgan fingerprint density at radius 3 is 2.65 bits per heavy atom. The zero-order valence-electron chi connectivity index (χ0n) is 15.0. The van der Waals surface area contributed by atoms with Crippen molar-refractivity contribution < 1.29 is 9.53 Å². The minimum atomic E-state index is 0.0953. The minimum absolute atomic E-state index is 0.0953. The average molecular weight is 438 g/mol. The van der Waals surface area contributed by atoms with E-state index < -0.39 is 0 Å². The number of hydrogen-bond acceptors (Lipinski definition) is 4. The van der Waals surface area contributed by atoms with E-state index in [1.165, 1.54) is 11.3 Å². The second-order valence-electron chi connectivity index (χ2n) is 6.41. The molecule has 0 radical (unpaired) electrons. The van der Waals surface area contributed by atoms with E-state index >= 15 is 0 Å². The number of urea groups is 1. The first-order chi connectivity index (χ1) is 12.6. The number of aryl methyl sites for hydroxylation is 1. The maximum atomic E-state index is 12.5. The van der Waals surface area contributed by atoms with Crippen molar-refractivity contribution in [2.75, 3.05) is 31.1 Å². The van der Waals surface area contributed by atoms with Gasteiger partial charge in [0.25, 0.3) is 0 Å². The number of halogens is 1. The summed E-state index contributed by atoms with van der Waals surface area (Å²) in [5, 5.41) is 2.81. The topological polar surface area (TPSA) is 45.7 Å². The normalized spacial score (nSPS) is 14.3. The third-order valence-electron chi connectivity index (χ3n) is 4.34. The van der Waals surface area contributed by atoms with Crippen molar-refractivity contribution in [3.63, 3.8) is 0 Å². The average Bonchev–Trinajstić information content (AvgIpc) is 3.21. The number of rotatable bonds is 9. The summed E-state index contributed by atoms with van der Waals surface area (Å²) < 4.78 is 6.79. The van der Waals surface area contributed by atoms with Gasteiger partial charge in [0.15, 0.2) is 5.13 Å². The van der Waals surface area contributed by atoms with E-state index in [1.807, 2.05) is 41.5 Å². The van der Waals surface area contributed by atoms with Gasteiger partial charge in [-0.1, -0.05) is 28.8 Å². The Morgan fingerprint density at radius 1 is 1.15 bits per heavy atom. The van der Waals surface area contributed by atoms with Crippen molar-refractivity contribution in [2.45, 2.75) is 32.6 Å². The summed E-state index contributed by atoms with van der Waals surface area (Å²) in [5.41, 5.74) is 0.974. The fraction of sp³-hybridized carbons (Fsp3) is 0.474. The van der Waals surface area contributed by atoms with Crippen LogP contribution in [0.15, 0.2) is 34.1 Å². The van der Waals surface area contributed by atoms with Crippen molar-refractivity contribution in [1.29, 1.82) is 0 Å². The van der Waals surface area contributed by atoms with E-state index in [2.05, 4.69) is 20.9 Å². The molecule has 1 aromatic carbocycles. The molecule has 7 heteroatoms. The molecule has 140 valence electrons. The molecule has 0 saturated carbocycles. The fourth-order valence-corrected chi connectivity index (χ4v) is 4.00. The van der Waals surface area contributed by atoms with Crippen LogP contribution in [-0.2, 0) is 0 Å². The highest BCUT2D eigenvalue weighted by Gasteiger charge is 2.30. The molecule has 5 nitrogen and oxygen atoms in total. The number of unbranched alkanes of at least 4 members (excludes halogenated alkanes) is 3. The van der Waals surface area contributed by atoms with E-state index in [4.69, 9.17) is 4.74 Å². The van der Waals surface area contributed by atoms with Crippen molar-refractivity contribution in [1.82, 2.24) is 9.88 Å². The fourth-order valence-electron chi connectivity index (χ4n) is 2.91. The lowest BCUT2D eigenvalue weighted by molar-refractivity contribution is 0.219. The van der Waals surface area contributed by atoms with Gasteiger partial charge in [0.1, 0.15) is 5.75 Å². The smallest absolute Gasteiger partial charge is 0.326 e. The minimum Gasteiger partial charge on any atom is -0.494 e. The van der Waals surface area contributed by atoms with Crippen molar-refractivity contribution in [3.05, 3.63) is 39.8 Å². The van der Waals surface area contributed by atoms with Crippen molar-refractivity contribution in [3.8, 4) is 5.75 Å². The van der Waals surface area contributed by atoms with Crippen LogP contribution in [0.2, 0.25) is 0 Å². The molecule has 0 bridgehead atoms. The molecular weight excluding hydrogens is 414 g/mol. The summed E-state index contributed by atoms with van der Waals surface area (Å²) in [7, 11) is 0. The van der Waals surface area contributed by atoms with E-state index in [0.717, 1.165) is 73.0 Å². The number of anilines is 1. The molecule has 0 spiro atoms. The molecule has 0 aliphatic carbocycles. The molecule has 2 heterocycles. The molecule has 0 N–H and O–H groups in total. The second kappa shape index (κ2) is 9.37. The summed E-state index contributed by atoms with van der Waals surface area (Å²) in [6.07, 6.45) is 4.31. The van der Waals surface area contributed by atoms with Crippen LogP contribution >= 0.6 is 27.3 Å². The lowest BCUT2D eigenvalue weighted by Crippen LogP contribution is -2.32. The van der Waals surface area contributed by atoms with E-state index in [0.29, 0.717) is 0 Å². The van der Waals surface area contributed by atoms with E-state index in [-0.39, 0.29) is 6.03 Å². The molecule has 1 aromatic heterocycles. The number of carbonyl (C=O) groups excluding carboxylic acids is 1. The molecule has 1 fully saturated rings. The van der Waals surface area contributed by atoms with Crippen LogP contribution in [0.5, 0.6) is 5.75 Å². The van der Waals surface area contributed by atoms with Gasteiger partial charge in [-0.3, -0.25) is 4.90 Å². The highest BCUT2D eigenvalue weighted by Crippen LogP contribution is 2.24. The Morgan fingerprint density at radius 2 is 1.92 bits per heavy atom. The predicted molar refractivity (Wildman–Crippen MR) is 109 cm³/mol. The molecule has 0 unspecified atom stereocenters. The molecular formula is C19H24BrN3O2S. The van der Waals surface area contributed by atoms with Gasteiger partial charge in [0, 0.05) is 29.5 Å². The monoisotopic (exact) mass is 437 g/mol. The highest BCUT2D eigenvalue weighted by molar-refractivity contribution is 9.10. The summed E-state index contributed by atoms with van der Waals surface area (Å²) >= 11 is 4.96. The maximum absolute atomic E-state index is 12.5. The lowest BCUT2D eigenvalue weighted by Gasteiger charge is -2.16. The van der Waals surface area contributed by atoms with Gasteiger partial charge >= 0.3 is 6.03 Å². The van der Waals surface area contributed by atoms with Crippen LogP contribution in [0.4, 0.5) is 9.93 Å². The Kier molecular flexibility index (Phi) is 6.91. The second-order valence-corrected chi connectivity index (χ2v) is 8.16. The number of hydrogen-bond donors (Lipinski definition) is 0. The van der Waals surface area contributed by atoms with Gasteiger partial charge in [0.2, 0.25) is 0 Å². The molecule has 2 amide bonds. The van der Waals surface area contributed by atoms with Crippen LogP contribution in [0.3, 0.4) is 0 Å². The molecule has 26 heavy (non-hydrogen) atoms. The largest absolute Gasteiger partial charge is 0.494 e. The van der Waals surface area contributed by atoms with Crippen LogP contribution in [0, 0.1) is 6.92 Å². The zero-order chi connectivity index (χ0) is 18.4. The molecule has 1 saturated heterocycles. The van der Waals surface area contributed by atoms with Crippen molar-refractivity contribution in [2.24, 2.45) is 0 Å². The van der Waals surface area contributed by atoms with Gasteiger partial charge < -0.3 is 9.64 Å². The highest BCUT2D eigenvalue weighted by atomic mass is 79.9. The quantitative estimate of drug-likeness (QED) is 0.512. The first-order valence-corrected chi connectivity index (χ1v) is 10.7. The summed E-state index contributed by atoms with van der Waals surface area (Å²) in [6.45, 7) is 5.06. The molecule has 3 rings (SSSR count). The van der Waals surface area contributed by atoms with Gasteiger partial charge in [0.05, 0.1) is 12.3 Å². The predicted octanol–water partition coefficient (Wildman–Crippen LogP) is 5.10. The Bertz CT molecular complexity index is 720. The number of aromatic nitrogens is 1. The van der Waals surface area contributed by atoms with Crippen LogP contribution < -0.4 is 9.64 Å². The molecule has 1 aliphatic rings. The number of thiazole rings is 1. The summed E-state index contributed by atoms with van der Waals surface area (Å²) in [6, 6.07) is 8.01. The lowest BCUT2D eigenvalue weighted by atomic mass is 10.2. The van der Waals surface area contributed by atoms with E-state index in [9.17, 15) is 4.79 Å². The summed E-state index contributed by atoms with van der Waals surface area (Å²) in [5.74, 6) is 0.911. The standard InChI is InChI=1S/C19H24BrN3O2S/c1-15-14-26-18(21-15)23-12-11-22(19(23)24)10-4-2-3-5-13-25-17-8-6-16(20)7-9-17/h6-9,14H,2-5,10-13H2,1H3. The number of benzene rings is 1. The number of nitrogens with zero attached hydrogens (tertiary/aromatic N) is 3. The number of ether oxygens (including phenoxy) is 1. The third kappa shape index (κ3) is 5.20. The first kappa shape index (κ1) is 19.2. The van der Waals surface area contributed by atoms with Gasteiger partial charge in [-0.05, 0) is 44.0 Å². The number of amides is 2. The first-order valence-electron chi connectivity index (χ1n) is 9.00. The molecule has 0 atom stereocenters. The Hall–Kier alpha value is -1.60. The Labute approximate surface area is 167 Å². The van der Waals surface area contributed by atoms with Crippen LogP contribution in [0.25, 0.3) is 0 Å². The van der Waals surface area contributed by atoms with Crippen LogP contribution in [0.1, 0.15) is 31.4 Å².